The Balaban J connectivity index is 2.16. The number of hydrogen-bond donors (Lipinski definition) is 1. The highest BCUT2D eigenvalue weighted by Gasteiger charge is 2.12. The summed E-state index contributed by atoms with van der Waals surface area (Å²) in [5.74, 6) is 1.41. The molecule has 0 aliphatic heterocycles. The minimum Gasteiger partial charge on any atom is -0.495 e. The first kappa shape index (κ1) is 17.9. The molecule has 24 heavy (non-hydrogen) atoms. The van der Waals surface area contributed by atoms with Gasteiger partial charge in [-0.1, -0.05) is 18.5 Å². The topological polar surface area (TPSA) is 56.8 Å². The largest absolute Gasteiger partial charge is 0.495 e. The highest BCUT2D eigenvalue weighted by atomic mass is 35.5. The molecule has 0 radical (unpaired) electrons. The van der Waals surface area contributed by atoms with Crippen LogP contribution >= 0.6 is 11.6 Å². The first-order valence-electron chi connectivity index (χ1n) is 7.54. The molecular weight excluding hydrogens is 330 g/mol. The standard InChI is InChI=1S/C18H20ClNO4/c1-4-9-24-16-7-5-12(10-17(16)23-3)18(21)20-13-6-8-15(22-2)14(19)11-13/h5-8,10-11H,4,9H2,1-3H3,(H,20,21). The van der Waals surface area contributed by atoms with Crippen molar-refractivity contribution in [2.24, 2.45) is 0 Å². The third kappa shape index (κ3) is 4.32. The van der Waals surface area contributed by atoms with E-state index >= 15 is 0 Å². The number of ether oxygens (including phenoxy) is 3. The fourth-order valence-corrected chi connectivity index (χ4v) is 2.35. The molecule has 0 heterocycles. The molecule has 0 fully saturated rings. The average Bonchev–Trinajstić information content (AvgIpc) is 2.59. The highest BCUT2D eigenvalue weighted by molar-refractivity contribution is 6.32. The summed E-state index contributed by atoms with van der Waals surface area (Å²) in [6.07, 6.45) is 0.892. The zero-order valence-corrected chi connectivity index (χ0v) is 14.6. The Hall–Kier alpha value is -2.40. The normalized spacial score (nSPS) is 10.2. The van der Waals surface area contributed by atoms with Gasteiger partial charge in [-0.05, 0) is 42.8 Å². The number of amides is 1. The molecule has 0 aliphatic carbocycles. The number of hydrogen-bond acceptors (Lipinski definition) is 4. The fraction of sp³-hybridized carbons (Fsp3) is 0.278. The smallest absolute Gasteiger partial charge is 0.255 e. The number of benzene rings is 2. The Labute approximate surface area is 146 Å². The van der Waals surface area contributed by atoms with Crippen LogP contribution in [0.2, 0.25) is 5.02 Å². The van der Waals surface area contributed by atoms with E-state index in [1.165, 1.54) is 7.11 Å². The molecule has 5 nitrogen and oxygen atoms in total. The maximum Gasteiger partial charge on any atom is 0.255 e. The molecular formula is C18H20ClNO4. The van der Waals surface area contributed by atoms with Crippen molar-refractivity contribution in [1.29, 1.82) is 0 Å². The number of carbonyl (C=O) groups excluding carboxylic acids is 1. The maximum absolute atomic E-state index is 12.4. The number of anilines is 1. The Morgan fingerprint density at radius 1 is 1.04 bits per heavy atom. The van der Waals surface area contributed by atoms with Gasteiger partial charge in [0.2, 0.25) is 0 Å². The van der Waals surface area contributed by atoms with Crippen molar-refractivity contribution in [1.82, 2.24) is 0 Å². The summed E-state index contributed by atoms with van der Waals surface area (Å²) in [6.45, 7) is 2.61. The Kier molecular flexibility index (Phi) is 6.32. The lowest BCUT2D eigenvalue weighted by molar-refractivity contribution is 0.102. The van der Waals surface area contributed by atoms with Crippen LogP contribution in [0.4, 0.5) is 5.69 Å². The highest BCUT2D eigenvalue weighted by Crippen LogP contribution is 2.30. The van der Waals surface area contributed by atoms with Gasteiger partial charge in [0.1, 0.15) is 5.75 Å². The second-order valence-electron chi connectivity index (χ2n) is 5.02. The molecule has 0 spiro atoms. The SMILES string of the molecule is CCCOc1ccc(C(=O)Nc2ccc(OC)c(Cl)c2)cc1OC. The van der Waals surface area contributed by atoms with E-state index in [0.717, 1.165) is 6.42 Å². The van der Waals surface area contributed by atoms with Crippen LogP contribution in [-0.4, -0.2) is 26.7 Å². The van der Waals surface area contributed by atoms with Crippen LogP contribution in [-0.2, 0) is 0 Å². The number of halogens is 1. The number of rotatable bonds is 7. The second kappa shape index (κ2) is 8.45. The molecule has 0 aromatic heterocycles. The summed E-state index contributed by atoms with van der Waals surface area (Å²) in [6, 6.07) is 10.1. The Morgan fingerprint density at radius 2 is 1.75 bits per heavy atom. The Morgan fingerprint density at radius 3 is 2.38 bits per heavy atom. The molecule has 1 N–H and O–H groups in total. The van der Waals surface area contributed by atoms with Crippen molar-refractivity contribution >= 4 is 23.2 Å². The van der Waals surface area contributed by atoms with Crippen LogP contribution in [0.1, 0.15) is 23.7 Å². The summed E-state index contributed by atoms with van der Waals surface area (Å²) >= 11 is 6.06. The van der Waals surface area contributed by atoms with Crippen LogP contribution in [0, 0.1) is 0 Å². The average molecular weight is 350 g/mol. The summed E-state index contributed by atoms with van der Waals surface area (Å²) in [7, 11) is 3.08. The van der Waals surface area contributed by atoms with Gasteiger partial charge in [0.25, 0.3) is 5.91 Å². The van der Waals surface area contributed by atoms with Crippen molar-refractivity contribution in [3.05, 3.63) is 47.0 Å². The minimum absolute atomic E-state index is 0.267. The molecule has 2 aromatic rings. The summed E-state index contributed by atoms with van der Waals surface area (Å²) in [5.41, 5.74) is 1.04. The van der Waals surface area contributed by atoms with E-state index in [2.05, 4.69) is 5.32 Å². The van der Waals surface area contributed by atoms with E-state index in [1.807, 2.05) is 6.92 Å². The number of carbonyl (C=O) groups is 1. The van der Waals surface area contributed by atoms with Gasteiger partial charge in [0.05, 0.1) is 25.8 Å². The second-order valence-corrected chi connectivity index (χ2v) is 5.42. The van der Waals surface area contributed by atoms with E-state index in [1.54, 1.807) is 43.5 Å². The van der Waals surface area contributed by atoms with Gasteiger partial charge in [0, 0.05) is 11.3 Å². The monoisotopic (exact) mass is 349 g/mol. The maximum atomic E-state index is 12.4. The molecule has 0 bridgehead atoms. The molecule has 2 rings (SSSR count). The molecule has 1 amide bonds. The van der Waals surface area contributed by atoms with Crippen LogP contribution < -0.4 is 19.5 Å². The van der Waals surface area contributed by atoms with Crippen LogP contribution in [0.25, 0.3) is 0 Å². The number of methoxy groups -OCH3 is 2. The van der Waals surface area contributed by atoms with Crippen LogP contribution in [0.15, 0.2) is 36.4 Å². The predicted octanol–water partition coefficient (Wildman–Crippen LogP) is 4.40. The quantitative estimate of drug-likeness (QED) is 0.805. The van der Waals surface area contributed by atoms with Crippen LogP contribution in [0.3, 0.4) is 0 Å². The van der Waals surface area contributed by atoms with Crippen molar-refractivity contribution in [2.45, 2.75) is 13.3 Å². The van der Waals surface area contributed by atoms with Gasteiger partial charge in [-0.25, -0.2) is 0 Å². The van der Waals surface area contributed by atoms with Crippen molar-refractivity contribution in [2.75, 3.05) is 26.1 Å². The van der Waals surface area contributed by atoms with Crippen molar-refractivity contribution < 1.29 is 19.0 Å². The van der Waals surface area contributed by atoms with Crippen molar-refractivity contribution in [3.8, 4) is 17.2 Å². The predicted molar refractivity (Wildman–Crippen MR) is 94.7 cm³/mol. The van der Waals surface area contributed by atoms with Gasteiger partial charge in [-0.2, -0.15) is 0 Å². The molecule has 6 heteroatoms. The van der Waals surface area contributed by atoms with E-state index in [9.17, 15) is 4.79 Å². The third-order valence-corrected chi connectivity index (χ3v) is 3.59. The lowest BCUT2D eigenvalue weighted by Gasteiger charge is -2.12. The lowest BCUT2D eigenvalue weighted by atomic mass is 10.1. The molecule has 0 aliphatic rings. The Bertz CT molecular complexity index is 718. The zero-order chi connectivity index (χ0) is 17.5. The molecule has 128 valence electrons. The molecule has 2 aromatic carbocycles. The molecule has 0 saturated carbocycles. The van der Waals surface area contributed by atoms with Gasteiger partial charge < -0.3 is 19.5 Å². The van der Waals surface area contributed by atoms with E-state index < -0.39 is 0 Å². The molecule has 0 atom stereocenters. The molecule has 0 saturated heterocycles. The number of nitrogens with one attached hydrogen (secondary N) is 1. The third-order valence-electron chi connectivity index (χ3n) is 3.30. The minimum atomic E-state index is -0.267. The van der Waals surface area contributed by atoms with Crippen LogP contribution in [0.5, 0.6) is 17.2 Å². The summed E-state index contributed by atoms with van der Waals surface area (Å²) < 4.78 is 16.0. The first-order valence-corrected chi connectivity index (χ1v) is 7.92. The molecule has 0 unspecified atom stereocenters. The lowest BCUT2D eigenvalue weighted by Crippen LogP contribution is -2.12. The van der Waals surface area contributed by atoms with Gasteiger partial charge in [-0.15, -0.1) is 0 Å². The van der Waals surface area contributed by atoms with Gasteiger partial charge in [0.15, 0.2) is 11.5 Å². The zero-order valence-electron chi connectivity index (χ0n) is 13.9. The summed E-state index contributed by atoms with van der Waals surface area (Å²) in [5, 5.41) is 3.22. The van der Waals surface area contributed by atoms with Gasteiger partial charge >= 0.3 is 0 Å². The first-order chi connectivity index (χ1) is 11.6. The van der Waals surface area contributed by atoms with E-state index in [-0.39, 0.29) is 5.91 Å². The fourth-order valence-electron chi connectivity index (χ4n) is 2.09. The van der Waals surface area contributed by atoms with Crippen molar-refractivity contribution in [3.63, 3.8) is 0 Å². The van der Waals surface area contributed by atoms with E-state index in [4.69, 9.17) is 25.8 Å². The van der Waals surface area contributed by atoms with E-state index in [0.29, 0.717) is 40.1 Å². The summed E-state index contributed by atoms with van der Waals surface area (Å²) in [4.78, 5) is 12.4. The van der Waals surface area contributed by atoms with Gasteiger partial charge in [-0.3, -0.25) is 4.79 Å².